The van der Waals surface area contributed by atoms with Gasteiger partial charge in [0.1, 0.15) is 5.82 Å². The van der Waals surface area contributed by atoms with Gasteiger partial charge in [-0.05, 0) is 25.0 Å². The van der Waals surface area contributed by atoms with E-state index < -0.39 is 5.82 Å². The molecule has 130 valence electrons. The number of amides is 2. The molecular formula is C18H23FN2O2S. The maximum absolute atomic E-state index is 13.8. The van der Waals surface area contributed by atoms with E-state index in [0.717, 1.165) is 25.1 Å². The Bertz CT molecular complexity index is 642. The lowest BCUT2D eigenvalue weighted by molar-refractivity contribution is -0.137. The zero-order chi connectivity index (χ0) is 17.3. The second kappa shape index (κ2) is 6.75. The molecule has 0 N–H and O–H groups in total. The van der Waals surface area contributed by atoms with Crippen LogP contribution < -0.4 is 0 Å². The maximum Gasteiger partial charge on any atom is 0.256 e. The van der Waals surface area contributed by atoms with Gasteiger partial charge in [0.15, 0.2) is 0 Å². The standard InChI is InChI=1S/C18H23FN2O2S/c1-13(2)16(22)21-11-12-24-18(21)7-9-20(10-8-18)17(23)14-5-3-4-6-15(14)19/h3-6,13H,7-12H2,1-2H3. The lowest BCUT2D eigenvalue weighted by atomic mass is 9.99. The van der Waals surface area contributed by atoms with Gasteiger partial charge in [-0.2, -0.15) is 0 Å². The zero-order valence-corrected chi connectivity index (χ0v) is 14.9. The summed E-state index contributed by atoms with van der Waals surface area (Å²) in [4.78, 5) is 28.6. The minimum absolute atomic E-state index is 0.0151. The van der Waals surface area contributed by atoms with Crippen molar-refractivity contribution in [3.8, 4) is 0 Å². The molecule has 1 spiro atoms. The molecule has 0 bridgehead atoms. The Labute approximate surface area is 146 Å². The fourth-order valence-corrected chi connectivity index (χ4v) is 4.97. The van der Waals surface area contributed by atoms with Gasteiger partial charge >= 0.3 is 0 Å². The summed E-state index contributed by atoms with van der Waals surface area (Å²) < 4.78 is 13.8. The van der Waals surface area contributed by atoms with E-state index in [1.165, 1.54) is 12.1 Å². The van der Waals surface area contributed by atoms with Crippen LogP contribution in [0.25, 0.3) is 0 Å². The number of halogens is 1. The van der Waals surface area contributed by atoms with Crippen molar-refractivity contribution >= 4 is 23.6 Å². The third-order valence-corrected chi connectivity index (χ3v) is 6.43. The van der Waals surface area contributed by atoms with E-state index in [0.29, 0.717) is 13.1 Å². The quantitative estimate of drug-likeness (QED) is 0.823. The first-order valence-corrected chi connectivity index (χ1v) is 9.42. The number of piperidine rings is 1. The van der Waals surface area contributed by atoms with Crippen molar-refractivity contribution < 1.29 is 14.0 Å². The summed E-state index contributed by atoms with van der Waals surface area (Å²) in [6.07, 6.45) is 1.49. The SMILES string of the molecule is CC(C)C(=O)N1CCSC12CCN(C(=O)c1ccccc1F)CC2. The number of benzene rings is 1. The molecule has 4 nitrogen and oxygen atoms in total. The predicted octanol–water partition coefficient (Wildman–Crippen LogP) is 2.99. The van der Waals surface area contributed by atoms with Crippen LogP contribution in [0.5, 0.6) is 0 Å². The molecule has 6 heteroatoms. The van der Waals surface area contributed by atoms with Crippen LogP contribution in [0.3, 0.4) is 0 Å². The fourth-order valence-electron chi connectivity index (χ4n) is 3.51. The number of hydrogen-bond donors (Lipinski definition) is 0. The van der Waals surface area contributed by atoms with Crippen molar-refractivity contribution in [2.24, 2.45) is 5.92 Å². The first-order chi connectivity index (χ1) is 11.4. The van der Waals surface area contributed by atoms with Crippen LogP contribution in [-0.4, -0.2) is 51.9 Å². The van der Waals surface area contributed by atoms with Gasteiger partial charge in [0.05, 0.1) is 10.4 Å². The van der Waals surface area contributed by atoms with Crippen molar-refractivity contribution in [3.05, 3.63) is 35.6 Å². The monoisotopic (exact) mass is 350 g/mol. The third-order valence-electron chi connectivity index (χ3n) is 4.87. The average molecular weight is 350 g/mol. The molecule has 2 amide bonds. The lowest BCUT2D eigenvalue weighted by Gasteiger charge is -2.44. The van der Waals surface area contributed by atoms with E-state index in [2.05, 4.69) is 0 Å². The van der Waals surface area contributed by atoms with E-state index in [1.807, 2.05) is 30.5 Å². The zero-order valence-electron chi connectivity index (χ0n) is 14.1. The number of rotatable bonds is 2. The third kappa shape index (κ3) is 3.04. The Morgan fingerprint density at radius 1 is 1.17 bits per heavy atom. The normalized spacial score (nSPS) is 20.0. The molecule has 0 saturated carbocycles. The highest BCUT2D eigenvalue weighted by Gasteiger charge is 2.47. The first-order valence-electron chi connectivity index (χ1n) is 8.44. The lowest BCUT2D eigenvalue weighted by Crippen LogP contribution is -2.54. The molecule has 2 aliphatic heterocycles. The highest BCUT2D eigenvalue weighted by atomic mass is 32.2. The van der Waals surface area contributed by atoms with E-state index in [4.69, 9.17) is 0 Å². The fraction of sp³-hybridized carbons (Fsp3) is 0.556. The van der Waals surface area contributed by atoms with Crippen molar-refractivity contribution in [3.63, 3.8) is 0 Å². The van der Waals surface area contributed by atoms with E-state index in [9.17, 15) is 14.0 Å². The van der Waals surface area contributed by atoms with Gasteiger partial charge in [0.2, 0.25) is 5.91 Å². The summed E-state index contributed by atoms with van der Waals surface area (Å²) >= 11 is 1.83. The van der Waals surface area contributed by atoms with Crippen LogP contribution in [0.1, 0.15) is 37.0 Å². The molecule has 24 heavy (non-hydrogen) atoms. The molecule has 0 radical (unpaired) electrons. The number of thioether (sulfide) groups is 1. The van der Waals surface area contributed by atoms with E-state index in [-0.39, 0.29) is 28.2 Å². The second-order valence-electron chi connectivity index (χ2n) is 6.71. The molecule has 1 aromatic carbocycles. The Hall–Kier alpha value is -1.56. The Morgan fingerprint density at radius 3 is 2.46 bits per heavy atom. The van der Waals surface area contributed by atoms with E-state index >= 15 is 0 Å². The van der Waals surface area contributed by atoms with Gasteiger partial charge < -0.3 is 9.80 Å². The topological polar surface area (TPSA) is 40.6 Å². The maximum atomic E-state index is 13.8. The van der Waals surface area contributed by atoms with Crippen LogP contribution in [0, 0.1) is 11.7 Å². The summed E-state index contributed by atoms with van der Waals surface area (Å²) in [5, 5.41) is 0. The molecule has 0 atom stereocenters. The van der Waals surface area contributed by atoms with Gasteiger partial charge in [0.25, 0.3) is 5.91 Å². The molecule has 0 unspecified atom stereocenters. The molecule has 1 aromatic rings. The summed E-state index contributed by atoms with van der Waals surface area (Å²) in [5.74, 6) is 0.384. The second-order valence-corrected chi connectivity index (χ2v) is 8.17. The van der Waals surface area contributed by atoms with Crippen LogP contribution in [0.15, 0.2) is 24.3 Å². The predicted molar refractivity (Wildman–Crippen MR) is 93.3 cm³/mol. The molecule has 2 aliphatic rings. The number of nitrogens with zero attached hydrogens (tertiary/aromatic N) is 2. The van der Waals surface area contributed by atoms with Crippen molar-refractivity contribution in [1.29, 1.82) is 0 Å². The van der Waals surface area contributed by atoms with Crippen LogP contribution in [-0.2, 0) is 4.79 Å². The van der Waals surface area contributed by atoms with Gasteiger partial charge in [-0.1, -0.05) is 26.0 Å². The molecule has 0 aromatic heterocycles. The van der Waals surface area contributed by atoms with Gasteiger partial charge in [-0.15, -0.1) is 11.8 Å². The van der Waals surface area contributed by atoms with Crippen molar-refractivity contribution in [1.82, 2.24) is 9.80 Å². The van der Waals surface area contributed by atoms with Crippen LogP contribution in [0.2, 0.25) is 0 Å². The molecule has 2 heterocycles. The van der Waals surface area contributed by atoms with Gasteiger partial charge in [0, 0.05) is 31.3 Å². The van der Waals surface area contributed by atoms with E-state index in [1.54, 1.807) is 17.0 Å². The van der Waals surface area contributed by atoms with Gasteiger partial charge in [-0.3, -0.25) is 9.59 Å². The largest absolute Gasteiger partial charge is 0.338 e. The summed E-state index contributed by atoms with van der Waals surface area (Å²) in [5.41, 5.74) is 0.127. The molecule has 2 fully saturated rings. The average Bonchev–Trinajstić information content (AvgIpc) is 2.97. The summed E-state index contributed by atoms with van der Waals surface area (Å²) in [6, 6.07) is 6.11. The molecule has 0 aliphatic carbocycles. The summed E-state index contributed by atoms with van der Waals surface area (Å²) in [6.45, 7) is 5.75. The minimum Gasteiger partial charge on any atom is -0.338 e. The Morgan fingerprint density at radius 2 is 1.83 bits per heavy atom. The highest BCUT2D eigenvalue weighted by molar-refractivity contribution is 8.00. The first kappa shape index (κ1) is 17.3. The smallest absolute Gasteiger partial charge is 0.256 e. The van der Waals surface area contributed by atoms with Crippen LogP contribution >= 0.6 is 11.8 Å². The molecule has 2 saturated heterocycles. The number of likely N-dealkylation sites (tertiary alicyclic amines) is 1. The number of hydrogen-bond acceptors (Lipinski definition) is 3. The van der Waals surface area contributed by atoms with Crippen molar-refractivity contribution in [2.75, 3.05) is 25.4 Å². The molecular weight excluding hydrogens is 327 g/mol. The number of carbonyl (C=O) groups excluding carboxylic acids is 2. The summed E-state index contributed by atoms with van der Waals surface area (Å²) in [7, 11) is 0. The molecule has 3 rings (SSSR count). The Balaban J connectivity index is 1.70. The number of carbonyl (C=O) groups is 2. The van der Waals surface area contributed by atoms with Gasteiger partial charge in [-0.25, -0.2) is 4.39 Å². The highest BCUT2D eigenvalue weighted by Crippen LogP contribution is 2.44. The van der Waals surface area contributed by atoms with Crippen molar-refractivity contribution in [2.45, 2.75) is 31.6 Å². The Kier molecular flexibility index (Phi) is 4.85. The minimum atomic E-state index is -0.477. The van der Waals surface area contributed by atoms with Crippen LogP contribution in [0.4, 0.5) is 4.39 Å².